The van der Waals surface area contributed by atoms with Crippen LogP contribution >= 0.6 is 12.2 Å². The standard InChI is InChI=1S/C14H18FN3S/c1-17-7-5-10(6-8-17)9-18-12-4-2-3-11(15)13(12)16-14(18)19/h2-4,10H,5-9H2,1H3,(H,16,19). The van der Waals surface area contributed by atoms with E-state index in [0.29, 0.717) is 16.2 Å². The van der Waals surface area contributed by atoms with Crippen molar-refractivity contribution in [1.29, 1.82) is 0 Å². The summed E-state index contributed by atoms with van der Waals surface area (Å²) in [6.07, 6.45) is 2.36. The van der Waals surface area contributed by atoms with Gasteiger partial charge < -0.3 is 14.5 Å². The van der Waals surface area contributed by atoms with Crippen LogP contribution in [0.4, 0.5) is 4.39 Å². The quantitative estimate of drug-likeness (QED) is 0.854. The van der Waals surface area contributed by atoms with E-state index in [1.54, 1.807) is 6.07 Å². The summed E-state index contributed by atoms with van der Waals surface area (Å²) in [4.78, 5) is 5.34. The Kier molecular flexibility index (Phi) is 3.41. The number of imidazole rings is 1. The van der Waals surface area contributed by atoms with Gasteiger partial charge in [0.05, 0.1) is 5.52 Å². The lowest BCUT2D eigenvalue weighted by Crippen LogP contribution is -2.31. The van der Waals surface area contributed by atoms with Crippen LogP contribution in [0.1, 0.15) is 12.8 Å². The number of hydrogen-bond acceptors (Lipinski definition) is 2. The fourth-order valence-corrected chi connectivity index (χ4v) is 3.10. The van der Waals surface area contributed by atoms with E-state index in [2.05, 4.69) is 16.9 Å². The Bertz CT molecular complexity index is 638. The van der Waals surface area contributed by atoms with E-state index in [0.717, 1.165) is 25.2 Å². The molecule has 1 aliphatic rings. The summed E-state index contributed by atoms with van der Waals surface area (Å²) in [6, 6.07) is 5.14. The van der Waals surface area contributed by atoms with Crippen molar-refractivity contribution in [2.24, 2.45) is 5.92 Å². The van der Waals surface area contributed by atoms with Crippen LogP contribution in [0.3, 0.4) is 0 Å². The van der Waals surface area contributed by atoms with Crippen molar-refractivity contribution >= 4 is 23.3 Å². The van der Waals surface area contributed by atoms with Gasteiger partial charge in [0.2, 0.25) is 0 Å². The SMILES string of the molecule is CN1CCC(Cn2c(=S)[nH]c3c(F)cccc32)CC1. The molecule has 0 saturated carbocycles. The maximum atomic E-state index is 13.7. The maximum absolute atomic E-state index is 13.7. The summed E-state index contributed by atoms with van der Waals surface area (Å²) in [5.41, 5.74) is 1.41. The van der Waals surface area contributed by atoms with Crippen LogP contribution in [0.2, 0.25) is 0 Å². The number of halogens is 1. The Morgan fingerprint density at radius 1 is 1.37 bits per heavy atom. The highest BCUT2D eigenvalue weighted by Crippen LogP contribution is 2.23. The minimum atomic E-state index is -0.231. The zero-order valence-electron chi connectivity index (χ0n) is 11.0. The largest absolute Gasteiger partial charge is 0.328 e. The average molecular weight is 279 g/mol. The third kappa shape index (κ3) is 2.44. The predicted molar refractivity (Wildman–Crippen MR) is 77.3 cm³/mol. The number of para-hydroxylation sites is 1. The topological polar surface area (TPSA) is 24.0 Å². The highest BCUT2D eigenvalue weighted by Gasteiger charge is 2.18. The molecule has 3 rings (SSSR count). The molecule has 102 valence electrons. The second-order valence-electron chi connectivity index (χ2n) is 5.42. The minimum Gasteiger partial charge on any atom is -0.328 e. The molecule has 1 N–H and O–H groups in total. The molecule has 1 fully saturated rings. The van der Waals surface area contributed by atoms with Gasteiger partial charge in [-0.25, -0.2) is 4.39 Å². The first-order chi connectivity index (χ1) is 9.15. The number of likely N-dealkylation sites (tertiary alicyclic amines) is 1. The van der Waals surface area contributed by atoms with Crippen molar-refractivity contribution in [2.75, 3.05) is 20.1 Å². The van der Waals surface area contributed by atoms with Crippen molar-refractivity contribution in [2.45, 2.75) is 19.4 Å². The number of rotatable bonds is 2. The van der Waals surface area contributed by atoms with Gasteiger partial charge >= 0.3 is 0 Å². The first-order valence-corrected chi connectivity index (χ1v) is 7.11. The Labute approximate surface area is 117 Å². The minimum absolute atomic E-state index is 0.231. The molecule has 0 bridgehead atoms. The fourth-order valence-electron chi connectivity index (χ4n) is 2.83. The Hall–Kier alpha value is -1.20. The van der Waals surface area contributed by atoms with Crippen molar-refractivity contribution in [3.8, 4) is 0 Å². The van der Waals surface area contributed by atoms with Crippen LogP contribution in [0, 0.1) is 16.5 Å². The van der Waals surface area contributed by atoms with Crippen LogP contribution < -0.4 is 0 Å². The maximum Gasteiger partial charge on any atom is 0.178 e. The summed E-state index contributed by atoms with van der Waals surface area (Å²) in [5.74, 6) is 0.399. The molecule has 1 aliphatic heterocycles. The number of nitrogens with one attached hydrogen (secondary N) is 1. The number of H-pyrrole nitrogens is 1. The molecule has 0 atom stereocenters. The van der Waals surface area contributed by atoms with Crippen LogP contribution in [0.15, 0.2) is 18.2 Å². The van der Waals surface area contributed by atoms with Gasteiger partial charge in [-0.15, -0.1) is 0 Å². The summed E-state index contributed by atoms with van der Waals surface area (Å²) < 4.78 is 16.4. The molecule has 0 unspecified atom stereocenters. The number of piperidine rings is 1. The van der Waals surface area contributed by atoms with E-state index in [4.69, 9.17) is 12.2 Å². The number of fused-ring (bicyclic) bond motifs is 1. The van der Waals surface area contributed by atoms with Gasteiger partial charge in [0.25, 0.3) is 0 Å². The molecule has 0 spiro atoms. The smallest absolute Gasteiger partial charge is 0.178 e. The highest BCUT2D eigenvalue weighted by molar-refractivity contribution is 7.71. The summed E-state index contributed by atoms with van der Waals surface area (Å²) in [6.45, 7) is 3.15. The second kappa shape index (κ2) is 5.06. The molecular formula is C14H18FN3S. The number of nitrogens with zero attached hydrogens (tertiary/aromatic N) is 2. The molecule has 0 radical (unpaired) electrons. The van der Waals surface area contributed by atoms with Gasteiger partial charge in [-0.2, -0.15) is 0 Å². The Morgan fingerprint density at radius 3 is 2.84 bits per heavy atom. The van der Waals surface area contributed by atoms with E-state index in [1.165, 1.54) is 18.9 Å². The van der Waals surface area contributed by atoms with Gasteiger partial charge in [-0.1, -0.05) is 6.07 Å². The lowest BCUT2D eigenvalue weighted by atomic mass is 9.97. The summed E-state index contributed by atoms with van der Waals surface area (Å²) in [7, 11) is 2.16. The third-order valence-electron chi connectivity index (χ3n) is 4.04. The van der Waals surface area contributed by atoms with E-state index < -0.39 is 0 Å². The van der Waals surface area contributed by atoms with E-state index in [9.17, 15) is 4.39 Å². The van der Waals surface area contributed by atoms with Crippen LogP contribution in [-0.4, -0.2) is 34.6 Å². The second-order valence-corrected chi connectivity index (χ2v) is 5.81. The van der Waals surface area contributed by atoms with Gasteiger partial charge in [-0.3, -0.25) is 0 Å². The van der Waals surface area contributed by atoms with Gasteiger partial charge in [0, 0.05) is 6.54 Å². The molecule has 1 saturated heterocycles. The van der Waals surface area contributed by atoms with Crippen molar-refractivity contribution in [3.63, 3.8) is 0 Å². The normalized spacial score (nSPS) is 18.2. The number of hydrogen-bond donors (Lipinski definition) is 1. The van der Waals surface area contributed by atoms with E-state index in [1.807, 2.05) is 10.6 Å². The lowest BCUT2D eigenvalue weighted by molar-refractivity contribution is 0.206. The molecule has 0 aliphatic carbocycles. The van der Waals surface area contributed by atoms with E-state index >= 15 is 0 Å². The first-order valence-electron chi connectivity index (χ1n) is 6.70. The monoisotopic (exact) mass is 279 g/mol. The number of benzene rings is 1. The van der Waals surface area contributed by atoms with Gasteiger partial charge in [0.1, 0.15) is 11.3 Å². The van der Waals surface area contributed by atoms with Crippen molar-refractivity contribution in [1.82, 2.24) is 14.5 Å². The molecule has 5 heteroatoms. The highest BCUT2D eigenvalue weighted by atomic mass is 32.1. The zero-order valence-corrected chi connectivity index (χ0v) is 11.8. The molecule has 19 heavy (non-hydrogen) atoms. The molecule has 1 aromatic carbocycles. The van der Waals surface area contributed by atoms with Crippen LogP contribution in [0.25, 0.3) is 11.0 Å². The molecule has 3 nitrogen and oxygen atoms in total. The van der Waals surface area contributed by atoms with Crippen LogP contribution in [0.5, 0.6) is 0 Å². The molecule has 1 aromatic heterocycles. The van der Waals surface area contributed by atoms with Crippen LogP contribution in [-0.2, 0) is 6.54 Å². The predicted octanol–water partition coefficient (Wildman–Crippen LogP) is 3.18. The molecule has 2 heterocycles. The Balaban J connectivity index is 1.91. The first kappa shape index (κ1) is 12.8. The van der Waals surface area contributed by atoms with Gasteiger partial charge in [-0.05, 0) is 63.2 Å². The van der Waals surface area contributed by atoms with Crippen molar-refractivity contribution in [3.05, 3.63) is 28.8 Å². The number of aromatic nitrogens is 2. The van der Waals surface area contributed by atoms with Gasteiger partial charge in [0.15, 0.2) is 4.77 Å². The fraction of sp³-hybridized carbons (Fsp3) is 0.500. The molecule has 2 aromatic rings. The zero-order chi connectivity index (χ0) is 13.4. The number of aromatic amines is 1. The summed E-state index contributed by atoms with van der Waals surface area (Å²) in [5, 5.41) is 0. The lowest BCUT2D eigenvalue weighted by Gasteiger charge is -2.29. The molecular weight excluding hydrogens is 261 g/mol. The summed E-state index contributed by atoms with van der Waals surface area (Å²) >= 11 is 5.33. The Morgan fingerprint density at radius 2 is 2.11 bits per heavy atom. The van der Waals surface area contributed by atoms with Crippen molar-refractivity contribution < 1.29 is 4.39 Å². The third-order valence-corrected chi connectivity index (χ3v) is 4.36. The molecule has 0 amide bonds. The van der Waals surface area contributed by atoms with E-state index in [-0.39, 0.29) is 5.82 Å². The average Bonchev–Trinajstić information content (AvgIpc) is 2.71.